The molecule has 0 amide bonds. The molecule has 5 rings (SSSR count). The van der Waals surface area contributed by atoms with E-state index < -0.39 is 0 Å². The highest BCUT2D eigenvalue weighted by molar-refractivity contribution is 5.89. The van der Waals surface area contributed by atoms with E-state index in [1.165, 1.54) is 120 Å². The molecule has 48 heavy (non-hydrogen) atoms. The molecule has 2 aromatic carbocycles. The summed E-state index contributed by atoms with van der Waals surface area (Å²) in [5.41, 5.74) is 4.47. The van der Waals surface area contributed by atoms with Gasteiger partial charge in [0.15, 0.2) is 0 Å². The van der Waals surface area contributed by atoms with Crippen molar-refractivity contribution in [3.8, 4) is 0 Å². The lowest BCUT2D eigenvalue weighted by Crippen LogP contribution is -2.35. The van der Waals surface area contributed by atoms with Gasteiger partial charge in [0.2, 0.25) is 0 Å². The molecule has 2 aromatic rings. The number of hydrogen-bond acceptors (Lipinski definition) is 4. The van der Waals surface area contributed by atoms with E-state index in [-0.39, 0.29) is 14.2 Å². The van der Waals surface area contributed by atoms with Gasteiger partial charge in [0, 0.05) is 8.27 Å². The molecule has 0 heterocycles. The van der Waals surface area contributed by atoms with Gasteiger partial charge in [-0.05, 0) is 117 Å². The molecule has 0 aliphatic heterocycles. The minimum absolute atomic E-state index is 0. The molecule has 4 nitrogen and oxygen atoms in total. The van der Waals surface area contributed by atoms with Crippen molar-refractivity contribution in [1.82, 2.24) is 0 Å². The molecular formula is C44H70O4. The minimum Gasteiger partial charge on any atom is -0.461 e. The Morgan fingerprint density at radius 3 is 1.69 bits per heavy atom. The van der Waals surface area contributed by atoms with Gasteiger partial charge in [-0.1, -0.05) is 121 Å². The fraction of sp³-hybridized carbons (Fsp3) is 0.705. The Hall–Kier alpha value is -2.17. The summed E-state index contributed by atoms with van der Waals surface area (Å²) >= 11 is 0. The quantitative estimate of drug-likeness (QED) is 0.0689. The van der Waals surface area contributed by atoms with Gasteiger partial charge in [0.25, 0.3) is 0 Å². The lowest BCUT2D eigenvalue weighted by Gasteiger charge is -2.35. The van der Waals surface area contributed by atoms with Crippen molar-refractivity contribution < 1.29 is 22.2 Å². The molecule has 0 N–H and O–H groups in total. The van der Waals surface area contributed by atoms with Crippen molar-refractivity contribution in [3.63, 3.8) is 0 Å². The number of rotatable bonds is 18. The summed E-state index contributed by atoms with van der Waals surface area (Å²) in [6, 6.07) is 17.3. The van der Waals surface area contributed by atoms with Crippen LogP contribution in [0.25, 0.3) is 0 Å². The Kier molecular flexibility index (Phi) is 15.4. The fourth-order valence-corrected chi connectivity index (χ4v) is 8.92. The summed E-state index contributed by atoms with van der Waals surface area (Å²) < 4.78 is 5.96. The highest BCUT2D eigenvalue weighted by Gasteiger charge is 2.35. The second kappa shape index (κ2) is 19.9. The first-order chi connectivity index (χ1) is 23.6. The SMILES string of the molecule is CCCCCC1CCC(c2ccc(COOCC3(COC(=O)c4ccc(C5CCC(CCCCC)CC5)cc4)CCCCC3)cc2)CC1.[HH].[HH]. The van der Waals surface area contributed by atoms with E-state index in [2.05, 4.69) is 50.2 Å². The Bertz CT molecular complexity index is 1180. The van der Waals surface area contributed by atoms with Gasteiger partial charge in [0.05, 0.1) is 18.8 Å². The normalized spacial score (nSPS) is 24.3. The zero-order valence-corrected chi connectivity index (χ0v) is 30.5. The molecule has 3 aliphatic carbocycles. The standard InChI is InChI=1S/C44H66O4.2H2/c1-3-5-8-12-35-14-20-38(21-15-35)40-24-18-37(19-25-40)32-47-48-34-44(30-10-7-11-31-44)33-46-43(45)42-28-26-41(27-29-42)39-22-16-36(17-23-39)13-9-6-4-2;;/h18-19,24-29,35-36,38-39H,3-17,20-23,30-34H2,1-2H3;2*1H. The lowest BCUT2D eigenvalue weighted by atomic mass is 9.75. The maximum absolute atomic E-state index is 13.1. The average Bonchev–Trinajstić information content (AvgIpc) is 3.14. The van der Waals surface area contributed by atoms with Crippen LogP contribution in [0.5, 0.6) is 0 Å². The third-order valence-electron chi connectivity index (χ3n) is 12.3. The van der Waals surface area contributed by atoms with Crippen LogP contribution >= 0.6 is 0 Å². The second-order valence-electron chi connectivity index (χ2n) is 16.0. The number of benzene rings is 2. The van der Waals surface area contributed by atoms with Crippen LogP contribution in [-0.4, -0.2) is 19.2 Å². The molecule has 0 spiro atoms. The predicted molar refractivity (Wildman–Crippen MR) is 201 cm³/mol. The highest BCUT2D eigenvalue weighted by atomic mass is 17.2. The van der Waals surface area contributed by atoms with Crippen molar-refractivity contribution in [1.29, 1.82) is 0 Å². The molecule has 0 bridgehead atoms. The van der Waals surface area contributed by atoms with Crippen LogP contribution < -0.4 is 0 Å². The van der Waals surface area contributed by atoms with Gasteiger partial charge in [0.1, 0.15) is 6.61 Å². The minimum atomic E-state index is -0.225. The van der Waals surface area contributed by atoms with E-state index >= 15 is 0 Å². The largest absolute Gasteiger partial charge is 0.461 e. The van der Waals surface area contributed by atoms with E-state index in [1.807, 2.05) is 12.1 Å². The van der Waals surface area contributed by atoms with Crippen molar-refractivity contribution in [2.24, 2.45) is 17.3 Å². The number of esters is 1. The first kappa shape index (κ1) is 37.1. The molecule has 0 aromatic heterocycles. The molecule has 0 unspecified atom stereocenters. The Balaban J connectivity index is 0.00000338. The molecular weight excluding hydrogens is 592 g/mol. The zero-order valence-electron chi connectivity index (χ0n) is 30.5. The van der Waals surface area contributed by atoms with Gasteiger partial charge < -0.3 is 4.74 Å². The fourth-order valence-electron chi connectivity index (χ4n) is 8.92. The van der Waals surface area contributed by atoms with Gasteiger partial charge >= 0.3 is 5.97 Å². The molecule has 4 heteroatoms. The van der Waals surface area contributed by atoms with E-state index in [4.69, 9.17) is 14.5 Å². The van der Waals surface area contributed by atoms with Crippen LogP contribution in [0.3, 0.4) is 0 Å². The monoisotopic (exact) mass is 663 g/mol. The maximum atomic E-state index is 13.1. The van der Waals surface area contributed by atoms with Crippen LogP contribution in [0, 0.1) is 17.3 Å². The number of ether oxygens (including phenoxy) is 1. The summed E-state index contributed by atoms with van der Waals surface area (Å²) in [6.07, 6.45) is 27.2. The zero-order chi connectivity index (χ0) is 33.4. The van der Waals surface area contributed by atoms with E-state index in [9.17, 15) is 4.79 Å². The molecule has 270 valence electrons. The van der Waals surface area contributed by atoms with Crippen molar-refractivity contribution in [3.05, 3.63) is 70.8 Å². The number of hydrogen-bond donors (Lipinski definition) is 0. The smallest absolute Gasteiger partial charge is 0.338 e. The maximum Gasteiger partial charge on any atom is 0.338 e. The summed E-state index contributed by atoms with van der Waals surface area (Å²) in [5.74, 6) is 2.96. The van der Waals surface area contributed by atoms with Crippen molar-refractivity contribution in [2.75, 3.05) is 13.2 Å². The van der Waals surface area contributed by atoms with Crippen LogP contribution in [0.15, 0.2) is 48.5 Å². The predicted octanol–water partition coefficient (Wildman–Crippen LogP) is 13.1. The summed E-state index contributed by atoms with van der Waals surface area (Å²) in [5, 5.41) is 0. The molecule has 3 aliphatic rings. The van der Waals surface area contributed by atoms with Gasteiger partial charge in [-0.3, -0.25) is 0 Å². The number of carbonyl (C=O) groups excluding carboxylic acids is 1. The van der Waals surface area contributed by atoms with Crippen LogP contribution in [0.4, 0.5) is 0 Å². The summed E-state index contributed by atoms with van der Waals surface area (Å²) in [6.45, 7) is 5.86. The number of carbonyl (C=O) groups is 1. The third-order valence-corrected chi connectivity index (χ3v) is 12.3. The van der Waals surface area contributed by atoms with E-state index in [0.717, 1.165) is 43.1 Å². The van der Waals surface area contributed by atoms with E-state index in [1.54, 1.807) is 0 Å². The Morgan fingerprint density at radius 1 is 0.646 bits per heavy atom. The lowest BCUT2D eigenvalue weighted by molar-refractivity contribution is -0.322. The van der Waals surface area contributed by atoms with Crippen molar-refractivity contribution in [2.45, 2.75) is 167 Å². The Labute approximate surface area is 296 Å². The van der Waals surface area contributed by atoms with Crippen LogP contribution in [-0.2, 0) is 21.1 Å². The highest BCUT2D eigenvalue weighted by Crippen LogP contribution is 2.40. The molecule has 3 saturated carbocycles. The topological polar surface area (TPSA) is 44.8 Å². The summed E-state index contributed by atoms with van der Waals surface area (Å²) in [7, 11) is 0. The molecule has 3 fully saturated rings. The average molecular weight is 663 g/mol. The molecule has 0 radical (unpaired) electrons. The van der Waals surface area contributed by atoms with Crippen LogP contribution in [0.2, 0.25) is 0 Å². The first-order valence-electron chi connectivity index (χ1n) is 20.2. The van der Waals surface area contributed by atoms with Gasteiger partial charge in [-0.15, -0.1) is 0 Å². The van der Waals surface area contributed by atoms with E-state index in [0.29, 0.717) is 37.2 Å². The number of unbranched alkanes of at least 4 members (excludes halogenated alkanes) is 4. The van der Waals surface area contributed by atoms with Crippen LogP contribution in [0.1, 0.15) is 190 Å². The second-order valence-corrected chi connectivity index (χ2v) is 16.0. The Morgan fingerprint density at radius 2 is 1.17 bits per heavy atom. The third kappa shape index (κ3) is 11.4. The van der Waals surface area contributed by atoms with Gasteiger partial charge in [-0.2, -0.15) is 0 Å². The van der Waals surface area contributed by atoms with Crippen molar-refractivity contribution >= 4 is 5.97 Å². The van der Waals surface area contributed by atoms with Gasteiger partial charge in [-0.25, -0.2) is 14.6 Å². The molecule has 0 saturated heterocycles. The first-order valence-corrected chi connectivity index (χ1v) is 20.2. The molecule has 0 atom stereocenters. The summed E-state index contributed by atoms with van der Waals surface area (Å²) in [4.78, 5) is 24.7.